The van der Waals surface area contributed by atoms with Gasteiger partial charge < -0.3 is 9.84 Å². The van der Waals surface area contributed by atoms with Gasteiger partial charge in [0.2, 0.25) is 0 Å². The Kier molecular flexibility index (Phi) is 5.23. The average Bonchev–Trinajstić information content (AvgIpc) is 2.20. The van der Waals surface area contributed by atoms with Gasteiger partial charge in [-0.3, -0.25) is 0 Å². The van der Waals surface area contributed by atoms with Crippen molar-refractivity contribution in [1.29, 1.82) is 0 Å². The van der Waals surface area contributed by atoms with Crippen molar-refractivity contribution < 1.29 is 9.84 Å². The van der Waals surface area contributed by atoms with Gasteiger partial charge >= 0.3 is 0 Å². The van der Waals surface area contributed by atoms with Crippen LogP contribution in [0.15, 0.2) is 18.2 Å². The van der Waals surface area contributed by atoms with Crippen LogP contribution in [-0.2, 0) is 0 Å². The molecular weight excluding hydrogens is 235 g/mol. The van der Waals surface area contributed by atoms with Crippen LogP contribution in [0, 0.1) is 0 Å². The van der Waals surface area contributed by atoms with Crippen LogP contribution in [-0.4, -0.2) is 17.6 Å². The number of alkyl halides is 1. The van der Waals surface area contributed by atoms with E-state index < -0.39 is 6.10 Å². The quantitative estimate of drug-likeness (QED) is 0.640. The van der Waals surface area contributed by atoms with Crippen molar-refractivity contribution in [1.82, 2.24) is 0 Å². The van der Waals surface area contributed by atoms with Gasteiger partial charge in [-0.25, -0.2) is 0 Å². The lowest BCUT2D eigenvalue weighted by Gasteiger charge is -2.13. The van der Waals surface area contributed by atoms with Crippen molar-refractivity contribution in [2.24, 2.45) is 0 Å². The molecule has 1 aromatic carbocycles. The fourth-order valence-corrected chi connectivity index (χ4v) is 1.50. The van der Waals surface area contributed by atoms with Crippen molar-refractivity contribution >= 4 is 23.2 Å². The van der Waals surface area contributed by atoms with Gasteiger partial charge in [-0.15, -0.1) is 11.6 Å². The summed E-state index contributed by atoms with van der Waals surface area (Å²) in [5.41, 5.74) is 0.706. The number of halogens is 2. The summed E-state index contributed by atoms with van der Waals surface area (Å²) >= 11 is 11.4. The van der Waals surface area contributed by atoms with E-state index in [1.807, 2.05) is 0 Å². The maximum Gasteiger partial charge on any atom is 0.125 e. The van der Waals surface area contributed by atoms with Crippen LogP contribution >= 0.6 is 23.2 Å². The first-order valence-corrected chi connectivity index (χ1v) is 5.72. The number of aliphatic hydroxyl groups excluding tert-OH is 1. The fraction of sp³-hybridized carbons (Fsp3) is 0.455. The van der Waals surface area contributed by atoms with E-state index in [1.165, 1.54) is 0 Å². The zero-order valence-corrected chi connectivity index (χ0v) is 10.1. The number of benzene rings is 1. The summed E-state index contributed by atoms with van der Waals surface area (Å²) in [7, 11) is 0. The molecule has 0 saturated carbocycles. The van der Waals surface area contributed by atoms with Gasteiger partial charge in [0.15, 0.2) is 0 Å². The van der Waals surface area contributed by atoms with Crippen molar-refractivity contribution in [3.8, 4) is 5.75 Å². The summed E-state index contributed by atoms with van der Waals surface area (Å²) in [5.74, 6) is 1.23. The van der Waals surface area contributed by atoms with Crippen molar-refractivity contribution in [3.63, 3.8) is 0 Å². The molecule has 84 valence electrons. The highest BCUT2D eigenvalue weighted by Gasteiger charge is 2.09. The SMILES string of the molecule is CC(O)c1cc(Cl)ccc1OCCCCl. The summed E-state index contributed by atoms with van der Waals surface area (Å²) in [6.45, 7) is 2.23. The largest absolute Gasteiger partial charge is 0.493 e. The molecule has 4 heteroatoms. The van der Waals surface area contributed by atoms with Crippen LogP contribution in [0.1, 0.15) is 25.0 Å². The molecule has 2 nitrogen and oxygen atoms in total. The average molecular weight is 249 g/mol. The predicted octanol–water partition coefficient (Wildman–Crippen LogP) is 3.40. The fourth-order valence-electron chi connectivity index (χ4n) is 1.21. The lowest BCUT2D eigenvalue weighted by atomic mass is 10.1. The van der Waals surface area contributed by atoms with E-state index in [9.17, 15) is 5.11 Å². The molecule has 0 amide bonds. The molecule has 0 fully saturated rings. The number of aliphatic hydroxyl groups is 1. The normalized spacial score (nSPS) is 12.5. The molecule has 1 rings (SSSR count). The Hall–Kier alpha value is -0.440. The Morgan fingerprint density at radius 1 is 1.47 bits per heavy atom. The molecule has 1 N–H and O–H groups in total. The van der Waals surface area contributed by atoms with Crippen LogP contribution in [0.4, 0.5) is 0 Å². The highest BCUT2D eigenvalue weighted by Crippen LogP contribution is 2.28. The zero-order chi connectivity index (χ0) is 11.3. The Labute approximate surface area is 99.8 Å². The monoisotopic (exact) mass is 248 g/mol. The molecule has 0 aromatic heterocycles. The molecule has 1 aromatic rings. The standard InChI is InChI=1S/C11H14Cl2O2/c1-8(14)10-7-9(13)3-4-11(10)15-6-2-5-12/h3-4,7-8,14H,2,5-6H2,1H3. The van der Waals surface area contributed by atoms with Crippen LogP contribution in [0.25, 0.3) is 0 Å². The summed E-state index contributed by atoms with van der Waals surface area (Å²) in [6.07, 6.45) is 0.193. The van der Waals surface area contributed by atoms with Gasteiger partial charge in [-0.05, 0) is 31.5 Å². The molecule has 0 radical (unpaired) electrons. The minimum absolute atomic E-state index is 0.546. The first-order valence-electron chi connectivity index (χ1n) is 4.81. The third-order valence-corrected chi connectivity index (χ3v) is 2.46. The first kappa shape index (κ1) is 12.6. The second-order valence-electron chi connectivity index (χ2n) is 3.25. The van der Waals surface area contributed by atoms with E-state index in [1.54, 1.807) is 25.1 Å². The summed E-state index contributed by atoms with van der Waals surface area (Å²) < 4.78 is 5.49. The molecule has 1 unspecified atom stereocenters. The lowest BCUT2D eigenvalue weighted by molar-refractivity contribution is 0.191. The summed E-state index contributed by atoms with van der Waals surface area (Å²) in [4.78, 5) is 0. The lowest BCUT2D eigenvalue weighted by Crippen LogP contribution is -2.02. The Bertz CT molecular complexity index is 313. The van der Waals surface area contributed by atoms with Crippen LogP contribution in [0.3, 0.4) is 0 Å². The van der Waals surface area contributed by atoms with Crippen LogP contribution in [0.5, 0.6) is 5.75 Å². The summed E-state index contributed by atoms with van der Waals surface area (Å²) in [6, 6.07) is 5.21. The van der Waals surface area contributed by atoms with Gasteiger partial charge in [0.25, 0.3) is 0 Å². The second-order valence-corrected chi connectivity index (χ2v) is 4.06. The topological polar surface area (TPSA) is 29.5 Å². The Morgan fingerprint density at radius 3 is 2.80 bits per heavy atom. The first-order chi connectivity index (χ1) is 7.15. The molecule has 0 saturated heterocycles. The van der Waals surface area contributed by atoms with Gasteiger partial charge in [-0.1, -0.05) is 11.6 Å². The maximum absolute atomic E-state index is 9.52. The third-order valence-electron chi connectivity index (χ3n) is 1.96. The van der Waals surface area contributed by atoms with Crippen LogP contribution < -0.4 is 4.74 Å². The molecule has 0 heterocycles. The molecule has 0 spiro atoms. The zero-order valence-electron chi connectivity index (χ0n) is 8.54. The van der Waals surface area contributed by atoms with Crippen LogP contribution in [0.2, 0.25) is 5.02 Å². The molecule has 0 aliphatic heterocycles. The molecule has 15 heavy (non-hydrogen) atoms. The van der Waals surface area contributed by atoms with E-state index in [4.69, 9.17) is 27.9 Å². The highest BCUT2D eigenvalue weighted by molar-refractivity contribution is 6.30. The predicted molar refractivity (Wildman–Crippen MR) is 62.9 cm³/mol. The van der Waals surface area contributed by atoms with E-state index in [2.05, 4.69) is 0 Å². The van der Waals surface area contributed by atoms with E-state index in [0.29, 0.717) is 28.8 Å². The maximum atomic E-state index is 9.52. The van der Waals surface area contributed by atoms with E-state index >= 15 is 0 Å². The van der Waals surface area contributed by atoms with E-state index in [-0.39, 0.29) is 0 Å². The Morgan fingerprint density at radius 2 is 2.20 bits per heavy atom. The van der Waals surface area contributed by atoms with Crippen molar-refractivity contribution in [2.75, 3.05) is 12.5 Å². The molecule has 1 atom stereocenters. The smallest absolute Gasteiger partial charge is 0.125 e. The molecule has 0 aliphatic carbocycles. The highest BCUT2D eigenvalue weighted by atomic mass is 35.5. The van der Waals surface area contributed by atoms with Gasteiger partial charge in [-0.2, -0.15) is 0 Å². The molecule has 0 bridgehead atoms. The number of rotatable bonds is 5. The van der Waals surface area contributed by atoms with Gasteiger partial charge in [0.05, 0.1) is 12.7 Å². The Balaban J connectivity index is 2.77. The third kappa shape index (κ3) is 3.90. The van der Waals surface area contributed by atoms with E-state index in [0.717, 1.165) is 6.42 Å². The van der Waals surface area contributed by atoms with Crippen molar-refractivity contribution in [3.05, 3.63) is 28.8 Å². The molecular formula is C11H14Cl2O2. The number of ether oxygens (including phenoxy) is 1. The summed E-state index contributed by atoms with van der Waals surface area (Å²) in [5, 5.41) is 10.1. The minimum Gasteiger partial charge on any atom is -0.493 e. The number of hydrogen-bond donors (Lipinski definition) is 1. The molecule has 0 aliphatic rings. The van der Waals surface area contributed by atoms with Gasteiger partial charge in [0, 0.05) is 16.5 Å². The second kappa shape index (κ2) is 6.21. The minimum atomic E-state index is -0.588. The van der Waals surface area contributed by atoms with Crippen molar-refractivity contribution in [2.45, 2.75) is 19.4 Å². The number of hydrogen-bond acceptors (Lipinski definition) is 2. The van der Waals surface area contributed by atoms with Gasteiger partial charge in [0.1, 0.15) is 5.75 Å².